The highest BCUT2D eigenvalue weighted by Crippen LogP contribution is 2.30. The van der Waals surface area contributed by atoms with E-state index in [1.54, 1.807) is 7.11 Å². The number of ether oxygens (including phenoxy) is 1. The number of nitrogens with two attached hydrogens (primary N) is 1. The Morgan fingerprint density at radius 3 is 2.68 bits per heavy atom. The third kappa shape index (κ3) is 3.15. The maximum atomic E-state index is 5.74. The zero-order valence-electron chi connectivity index (χ0n) is 11.0. The highest BCUT2D eigenvalue weighted by Gasteiger charge is 2.16. The van der Waals surface area contributed by atoms with Crippen molar-refractivity contribution < 1.29 is 4.74 Å². The van der Waals surface area contributed by atoms with Crippen LogP contribution in [0.4, 0.5) is 0 Å². The Hall–Kier alpha value is -1.36. The fraction of sp³-hybridized carbons (Fsp3) is 0.200. The molecule has 0 heterocycles. The van der Waals surface area contributed by atoms with Crippen LogP contribution in [0.5, 0.6) is 5.75 Å². The Morgan fingerprint density at radius 1 is 1.21 bits per heavy atom. The van der Waals surface area contributed by atoms with Crippen molar-refractivity contribution in [3.8, 4) is 5.75 Å². The molecule has 0 aliphatic carbocycles. The number of rotatable bonds is 4. The molecule has 0 aliphatic rings. The smallest absolute Gasteiger partial charge is 0.119 e. The Kier molecular flexibility index (Phi) is 4.58. The molecular formula is C15H17BrN2O. The van der Waals surface area contributed by atoms with Crippen LogP contribution in [0.1, 0.15) is 22.7 Å². The first-order chi connectivity index (χ1) is 9.15. The largest absolute Gasteiger partial charge is 0.497 e. The summed E-state index contributed by atoms with van der Waals surface area (Å²) in [4.78, 5) is 0. The third-order valence-electron chi connectivity index (χ3n) is 3.06. The predicted octanol–water partition coefficient (Wildman–Crippen LogP) is 3.32. The molecule has 3 N–H and O–H groups in total. The van der Waals surface area contributed by atoms with Gasteiger partial charge in [-0.2, -0.15) is 0 Å². The fourth-order valence-corrected chi connectivity index (χ4v) is 2.55. The number of hydrazine groups is 1. The van der Waals surface area contributed by atoms with Crippen LogP contribution in [0.2, 0.25) is 0 Å². The summed E-state index contributed by atoms with van der Waals surface area (Å²) < 4.78 is 6.29. The second-order valence-electron chi connectivity index (χ2n) is 4.40. The van der Waals surface area contributed by atoms with Gasteiger partial charge >= 0.3 is 0 Å². The Morgan fingerprint density at radius 2 is 2.00 bits per heavy atom. The highest BCUT2D eigenvalue weighted by molar-refractivity contribution is 9.10. The van der Waals surface area contributed by atoms with E-state index in [9.17, 15) is 0 Å². The Balaban J connectivity index is 2.46. The van der Waals surface area contributed by atoms with E-state index in [0.29, 0.717) is 0 Å². The minimum absolute atomic E-state index is 0.0793. The van der Waals surface area contributed by atoms with Gasteiger partial charge in [-0.1, -0.05) is 45.8 Å². The quantitative estimate of drug-likeness (QED) is 0.671. The van der Waals surface area contributed by atoms with E-state index in [1.165, 1.54) is 5.56 Å². The topological polar surface area (TPSA) is 47.3 Å². The number of methoxy groups -OCH3 is 1. The van der Waals surface area contributed by atoms with Gasteiger partial charge in [0.05, 0.1) is 13.2 Å². The standard InChI is InChI=1S/C15H17BrN2O/c1-10-6-7-14(16)13(8-10)15(18-17)11-4-3-5-12(9-11)19-2/h3-9,15,18H,17H2,1-2H3. The van der Waals surface area contributed by atoms with Crippen molar-refractivity contribution in [1.29, 1.82) is 0 Å². The third-order valence-corrected chi connectivity index (χ3v) is 3.78. The molecule has 0 bridgehead atoms. The van der Waals surface area contributed by atoms with E-state index in [4.69, 9.17) is 10.6 Å². The zero-order valence-corrected chi connectivity index (χ0v) is 12.6. The van der Waals surface area contributed by atoms with Gasteiger partial charge < -0.3 is 4.74 Å². The molecule has 0 aliphatic heterocycles. The molecule has 2 rings (SSSR count). The first kappa shape index (κ1) is 14.1. The van der Waals surface area contributed by atoms with Crippen LogP contribution in [0.25, 0.3) is 0 Å². The van der Waals surface area contributed by atoms with E-state index < -0.39 is 0 Å². The second-order valence-corrected chi connectivity index (χ2v) is 5.26. The Labute approximate surface area is 121 Å². The predicted molar refractivity (Wildman–Crippen MR) is 81.0 cm³/mol. The van der Waals surface area contributed by atoms with Gasteiger partial charge in [0.2, 0.25) is 0 Å². The lowest BCUT2D eigenvalue weighted by Crippen LogP contribution is -2.29. The second kappa shape index (κ2) is 6.19. The lowest BCUT2D eigenvalue weighted by Gasteiger charge is -2.19. The number of nitrogens with one attached hydrogen (secondary N) is 1. The lowest BCUT2D eigenvalue weighted by molar-refractivity contribution is 0.413. The SMILES string of the molecule is COc1cccc(C(NN)c2cc(C)ccc2Br)c1. The van der Waals surface area contributed by atoms with Crippen molar-refractivity contribution in [3.63, 3.8) is 0 Å². The van der Waals surface area contributed by atoms with E-state index in [0.717, 1.165) is 21.3 Å². The van der Waals surface area contributed by atoms with Crippen LogP contribution in [-0.4, -0.2) is 7.11 Å². The number of aryl methyl sites for hydroxylation is 1. The molecule has 0 spiro atoms. The van der Waals surface area contributed by atoms with Crippen molar-refractivity contribution in [3.05, 3.63) is 63.6 Å². The molecule has 0 saturated carbocycles. The molecular weight excluding hydrogens is 304 g/mol. The van der Waals surface area contributed by atoms with Crippen LogP contribution in [0.15, 0.2) is 46.9 Å². The summed E-state index contributed by atoms with van der Waals surface area (Å²) in [5, 5.41) is 0. The van der Waals surface area contributed by atoms with Gasteiger partial charge in [0.1, 0.15) is 5.75 Å². The maximum absolute atomic E-state index is 5.74. The van der Waals surface area contributed by atoms with Gasteiger partial charge in [-0.25, -0.2) is 5.43 Å². The van der Waals surface area contributed by atoms with Gasteiger partial charge in [0, 0.05) is 4.47 Å². The fourth-order valence-electron chi connectivity index (χ4n) is 2.07. The molecule has 19 heavy (non-hydrogen) atoms. The van der Waals surface area contributed by atoms with Gasteiger partial charge in [0.15, 0.2) is 0 Å². The molecule has 2 aromatic rings. The van der Waals surface area contributed by atoms with Crippen LogP contribution in [-0.2, 0) is 0 Å². The molecule has 0 fully saturated rings. The molecule has 0 amide bonds. The van der Waals surface area contributed by atoms with Crippen molar-refractivity contribution in [1.82, 2.24) is 5.43 Å². The molecule has 3 nitrogen and oxygen atoms in total. The molecule has 2 aromatic carbocycles. The van der Waals surface area contributed by atoms with Crippen LogP contribution in [0.3, 0.4) is 0 Å². The van der Waals surface area contributed by atoms with Gasteiger partial charge in [0.25, 0.3) is 0 Å². The van der Waals surface area contributed by atoms with Crippen LogP contribution >= 0.6 is 15.9 Å². The minimum Gasteiger partial charge on any atom is -0.497 e. The first-order valence-electron chi connectivity index (χ1n) is 6.02. The van der Waals surface area contributed by atoms with Gasteiger partial charge in [-0.3, -0.25) is 5.84 Å². The molecule has 0 radical (unpaired) electrons. The lowest BCUT2D eigenvalue weighted by atomic mass is 9.98. The summed E-state index contributed by atoms with van der Waals surface area (Å²) in [6.45, 7) is 2.06. The van der Waals surface area contributed by atoms with E-state index in [-0.39, 0.29) is 6.04 Å². The van der Waals surface area contributed by atoms with Crippen LogP contribution in [0, 0.1) is 6.92 Å². The van der Waals surface area contributed by atoms with E-state index in [1.807, 2.05) is 30.3 Å². The normalized spacial score (nSPS) is 12.2. The maximum Gasteiger partial charge on any atom is 0.119 e. The molecule has 1 atom stereocenters. The van der Waals surface area contributed by atoms with Crippen molar-refractivity contribution in [2.45, 2.75) is 13.0 Å². The number of benzene rings is 2. The number of hydrogen-bond acceptors (Lipinski definition) is 3. The average molecular weight is 321 g/mol. The Bertz CT molecular complexity index is 572. The number of hydrogen-bond donors (Lipinski definition) is 2. The summed E-state index contributed by atoms with van der Waals surface area (Å²) in [7, 11) is 1.66. The monoisotopic (exact) mass is 320 g/mol. The summed E-state index contributed by atoms with van der Waals surface area (Å²) in [6.07, 6.45) is 0. The van der Waals surface area contributed by atoms with Gasteiger partial charge in [-0.15, -0.1) is 0 Å². The minimum atomic E-state index is -0.0793. The molecule has 0 aromatic heterocycles. The van der Waals surface area contributed by atoms with E-state index >= 15 is 0 Å². The number of halogens is 1. The van der Waals surface area contributed by atoms with Crippen molar-refractivity contribution in [2.24, 2.45) is 5.84 Å². The highest BCUT2D eigenvalue weighted by atomic mass is 79.9. The first-order valence-corrected chi connectivity index (χ1v) is 6.81. The molecule has 100 valence electrons. The van der Waals surface area contributed by atoms with Crippen molar-refractivity contribution >= 4 is 15.9 Å². The van der Waals surface area contributed by atoms with Crippen molar-refractivity contribution in [2.75, 3.05) is 7.11 Å². The summed E-state index contributed by atoms with van der Waals surface area (Å²) in [5.41, 5.74) is 6.23. The summed E-state index contributed by atoms with van der Waals surface area (Å²) in [6, 6.07) is 14.0. The summed E-state index contributed by atoms with van der Waals surface area (Å²) >= 11 is 3.58. The molecule has 4 heteroatoms. The van der Waals surface area contributed by atoms with Gasteiger partial charge in [-0.05, 0) is 36.2 Å². The molecule has 1 unspecified atom stereocenters. The summed E-state index contributed by atoms with van der Waals surface area (Å²) in [5.74, 6) is 6.56. The van der Waals surface area contributed by atoms with Crippen LogP contribution < -0.4 is 16.0 Å². The average Bonchev–Trinajstić information content (AvgIpc) is 2.44. The zero-order chi connectivity index (χ0) is 13.8. The molecule has 0 saturated heterocycles. The van der Waals surface area contributed by atoms with E-state index in [2.05, 4.69) is 40.4 Å².